The Morgan fingerprint density at radius 1 is 1.19 bits per heavy atom. The molecule has 1 N–H and O–H groups in total. The highest BCUT2D eigenvalue weighted by atomic mass is 32.2. The summed E-state index contributed by atoms with van der Waals surface area (Å²) in [5, 5.41) is 3.82. The first-order chi connectivity index (χ1) is 7.73. The summed E-state index contributed by atoms with van der Waals surface area (Å²) in [5.41, 5.74) is 0.426. The van der Waals surface area contributed by atoms with E-state index in [1.54, 1.807) is 0 Å². The summed E-state index contributed by atoms with van der Waals surface area (Å²) >= 11 is 4.22. The Balaban J connectivity index is 1.81. The zero-order valence-corrected chi connectivity index (χ0v) is 12.1. The third kappa shape index (κ3) is 3.09. The van der Waals surface area contributed by atoms with Gasteiger partial charge in [-0.3, -0.25) is 0 Å². The maximum atomic E-state index is 3.82. The van der Waals surface area contributed by atoms with Gasteiger partial charge in [-0.1, -0.05) is 0 Å². The third-order valence-corrected chi connectivity index (χ3v) is 6.26. The molecule has 1 atom stereocenters. The van der Waals surface area contributed by atoms with Crippen LogP contribution in [0.4, 0.5) is 0 Å². The highest BCUT2D eigenvalue weighted by Gasteiger charge is 2.36. The molecular formula is C12H24N2S2. The van der Waals surface area contributed by atoms with Crippen molar-refractivity contribution in [3.8, 4) is 0 Å². The Kier molecular flexibility index (Phi) is 4.89. The zero-order valence-electron chi connectivity index (χ0n) is 10.5. The van der Waals surface area contributed by atoms with Crippen molar-refractivity contribution in [3.63, 3.8) is 0 Å². The second-order valence-corrected chi connectivity index (χ2v) is 7.52. The molecule has 2 aliphatic rings. The zero-order chi connectivity index (χ0) is 11.4. The summed E-state index contributed by atoms with van der Waals surface area (Å²) in [6, 6.07) is 0.781. The molecule has 94 valence electrons. The predicted octanol–water partition coefficient (Wildman–Crippen LogP) is 1.91. The molecule has 0 amide bonds. The van der Waals surface area contributed by atoms with Gasteiger partial charge in [-0.2, -0.15) is 23.5 Å². The van der Waals surface area contributed by atoms with E-state index in [4.69, 9.17) is 0 Å². The van der Waals surface area contributed by atoms with Crippen LogP contribution in [0.1, 0.15) is 19.3 Å². The van der Waals surface area contributed by atoms with Crippen LogP contribution in [0.3, 0.4) is 0 Å². The predicted molar refractivity (Wildman–Crippen MR) is 76.7 cm³/mol. The molecule has 2 heterocycles. The van der Waals surface area contributed by atoms with Crippen molar-refractivity contribution in [2.45, 2.75) is 30.8 Å². The van der Waals surface area contributed by atoms with Gasteiger partial charge in [-0.15, -0.1) is 0 Å². The highest BCUT2D eigenvalue weighted by molar-refractivity contribution is 7.99. The van der Waals surface area contributed by atoms with E-state index in [9.17, 15) is 0 Å². The standard InChI is InChI=1S/C12H24N2S2/c1-14(2)12(5-8-16-10-12)9-13-11-3-6-15-7-4-11/h11,13H,3-10H2,1-2H3. The van der Waals surface area contributed by atoms with Crippen molar-refractivity contribution >= 4 is 23.5 Å². The summed E-state index contributed by atoms with van der Waals surface area (Å²) < 4.78 is 0. The van der Waals surface area contributed by atoms with Gasteiger partial charge in [-0.25, -0.2) is 0 Å². The molecule has 0 saturated carbocycles. The monoisotopic (exact) mass is 260 g/mol. The fourth-order valence-corrected chi connectivity index (χ4v) is 5.14. The van der Waals surface area contributed by atoms with E-state index >= 15 is 0 Å². The van der Waals surface area contributed by atoms with Crippen LogP contribution >= 0.6 is 23.5 Å². The quantitative estimate of drug-likeness (QED) is 0.830. The SMILES string of the molecule is CN(C)C1(CNC2CCSCC2)CCSC1. The van der Waals surface area contributed by atoms with Gasteiger partial charge in [0.15, 0.2) is 0 Å². The van der Waals surface area contributed by atoms with Gasteiger partial charge in [-0.05, 0) is 50.6 Å². The maximum Gasteiger partial charge on any atom is 0.0425 e. The van der Waals surface area contributed by atoms with Gasteiger partial charge in [0.2, 0.25) is 0 Å². The van der Waals surface area contributed by atoms with Crippen molar-refractivity contribution < 1.29 is 0 Å². The van der Waals surface area contributed by atoms with Crippen molar-refractivity contribution in [1.82, 2.24) is 10.2 Å². The van der Waals surface area contributed by atoms with E-state index < -0.39 is 0 Å². The minimum absolute atomic E-state index is 0.426. The first-order valence-electron chi connectivity index (χ1n) is 6.29. The minimum Gasteiger partial charge on any atom is -0.312 e. The van der Waals surface area contributed by atoms with Gasteiger partial charge in [0.05, 0.1) is 0 Å². The average Bonchev–Trinajstić information content (AvgIpc) is 2.78. The number of likely N-dealkylation sites (N-methyl/N-ethyl adjacent to an activating group) is 1. The van der Waals surface area contributed by atoms with Gasteiger partial charge in [0.1, 0.15) is 0 Å². The number of hydrogen-bond donors (Lipinski definition) is 1. The Morgan fingerprint density at radius 2 is 1.94 bits per heavy atom. The molecule has 2 saturated heterocycles. The molecule has 0 radical (unpaired) electrons. The molecule has 2 fully saturated rings. The Labute approximate surface area is 108 Å². The van der Waals surface area contributed by atoms with Crippen LogP contribution in [0.15, 0.2) is 0 Å². The third-order valence-electron chi connectivity index (χ3n) is 3.97. The van der Waals surface area contributed by atoms with E-state index in [0.29, 0.717) is 5.54 Å². The lowest BCUT2D eigenvalue weighted by Gasteiger charge is -2.37. The minimum atomic E-state index is 0.426. The smallest absolute Gasteiger partial charge is 0.0425 e. The van der Waals surface area contributed by atoms with Crippen molar-refractivity contribution in [1.29, 1.82) is 0 Å². The highest BCUT2D eigenvalue weighted by Crippen LogP contribution is 2.31. The Hall–Kier alpha value is 0.620. The van der Waals surface area contributed by atoms with Crippen LogP contribution in [0.2, 0.25) is 0 Å². The van der Waals surface area contributed by atoms with Crippen molar-refractivity contribution in [3.05, 3.63) is 0 Å². The van der Waals surface area contributed by atoms with Crippen molar-refractivity contribution in [2.75, 3.05) is 43.7 Å². The fourth-order valence-electron chi connectivity index (χ4n) is 2.48. The number of nitrogens with one attached hydrogen (secondary N) is 1. The molecule has 0 bridgehead atoms. The number of thioether (sulfide) groups is 2. The normalized spacial score (nSPS) is 32.4. The molecule has 0 spiro atoms. The fraction of sp³-hybridized carbons (Fsp3) is 1.00. The maximum absolute atomic E-state index is 3.82. The first kappa shape index (κ1) is 13.1. The summed E-state index contributed by atoms with van der Waals surface area (Å²) in [6.45, 7) is 1.18. The van der Waals surface area contributed by atoms with E-state index in [1.165, 1.54) is 48.8 Å². The molecule has 2 nitrogen and oxygen atoms in total. The molecular weight excluding hydrogens is 236 g/mol. The van der Waals surface area contributed by atoms with E-state index in [-0.39, 0.29) is 0 Å². The summed E-state index contributed by atoms with van der Waals surface area (Å²) in [5.74, 6) is 5.33. The lowest BCUT2D eigenvalue weighted by atomic mass is 9.96. The molecule has 0 aromatic heterocycles. The number of hydrogen-bond acceptors (Lipinski definition) is 4. The topological polar surface area (TPSA) is 15.3 Å². The van der Waals surface area contributed by atoms with Crippen LogP contribution in [-0.2, 0) is 0 Å². The molecule has 1 unspecified atom stereocenters. The van der Waals surface area contributed by atoms with Crippen molar-refractivity contribution in [2.24, 2.45) is 0 Å². The van der Waals surface area contributed by atoms with E-state index in [1.807, 2.05) is 0 Å². The molecule has 16 heavy (non-hydrogen) atoms. The van der Waals surface area contributed by atoms with Crippen LogP contribution in [0, 0.1) is 0 Å². The molecule has 4 heteroatoms. The van der Waals surface area contributed by atoms with Gasteiger partial charge in [0.25, 0.3) is 0 Å². The van der Waals surface area contributed by atoms with Gasteiger partial charge in [0, 0.05) is 23.9 Å². The number of nitrogens with zero attached hydrogens (tertiary/aromatic N) is 1. The second-order valence-electron chi connectivity index (χ2n) is 5.19. The molecule has 0 aromatic carbocycles. The van der Waals surface area contributed by atoms with Crippen LogP contribution in [-0.4, -0.2) is 60.1 Å². The molecule has 2 rings (SSSR count). The summed E-state index contributed by atoms with van der Waals surface area (Å²) in [6.07, 6.45) is 4.07. The largest absolute Gasteiger partial charge is 0.312 e. The van der Waals surface area contributed by atoms with Crippen LogP contribution in [0.5, 0.6) is 0 Å². The number of rotatable bonds is 4. The first-order valence-corrected chi connectivity index (χ1v) is 8.60. The van der Waals surface area contributed by atoms with Crippen LogP contribution in [0.25, 0.3) is 0 Å². The van der Waals surface area contributed by atoms with Crippen LogP contribution < -0.4 is 5.32 Å². The van der Waals surface area contributed by atoms with Gasteiger partial charge < -0.3 is 10.2 Å². The summed E-state index contributed by atoms with van der Waals surface area (Å²) in [4.78, 5) is 2.44. The average molecular weight is 260 g/mol. The van der Waals surface area contributed by atoms with Gasteiger partial charge >= 0.3 is 0 Å². The second kappa shape index (κ2) is 5.98. The van der Waals surface area contributed by atoms with E-state index in [0.717, 1.165) is 6.04 Å². The summed E-state index contributed by atoms with van der Waals surface area (Å²) in [7, 11) is 4.48. The molecule has 2 aliphatic heterocycles. The Bertz CT molecular complexity index is 209. The van der Waals surface area contributed by atoms with E-state index in [2.05, 4.69) is 47.8 Å². The molecule has 0 aromatic rings. The Morgan fingerprint density at radius 3 is 2.50 bits per heavy atom. The molecule has 0 aliphatic carbocycles. The lowest BCUT2D eigenvalue weighted by molar-refractivity contribution is 0.169. The lowest BCUT2D eigenvalue weighted by Crippen LogP contribution is -2.54.